The van der Waals surface area contributed by atoms with Crippen LogP contribution in [0.1, 0.15) is 16.7 Å². The van der Waals surface area contributed by atoms with Crippen molar-refractivity contribution in [1.29, 1.82) is 0 Å². The zero-order valence-electron chi connectivity index (χ0n) is 16.0. The molecule has 0 bridgehead atoms. The second-order valence-corrected chi connectivity index (χ2v) is 7.80. The third-order valence-electron chi connectivity index (χ3n) is 4.03. The highest BCUT2D eigenvalue weighted by atomic mass is 35.5. The number of hydrogen-bond acceptors (Lipinski definition) is 4. The quantitative estimate of drug-likeness (QED) is 0.296. The van der Waals surface area contributed by atoms with Gasteiger partial charge in [0.25, 0.3) is 0 Å². The van der Waals surface area contributed by atoms with Gasteiger partial charge in [-0.25, -0.2) is 5.43 Å². The van der Waals surface area contributed by atoms with Gasteiger partial charge in [0.1, 0.15) is 12.4 Å². The molecule has 1 N–H and O–H groups in total. The third kappa shape index (κ3) is 6.97. The van der Waals surface area contributed by atoms with Gasteiger partial charge in [-0.1, -0.05) is 47.5 Å². The normalized spacial score (nSPS) is 10.8. The number of ether oxygens (including phenoxy) is 1. The molecule has 0 aliphatic rings. The molecule has 0 unspecified atom stereocenters. The van der Waals surface area contributed by atoms with E-state index >= 15 is 0 Å². The van der Waals surface area contributed by atoms with E-state index in [1.54, 1.807) is 6.21 Å². The lowest BCUT2D eigenvalue weighted by molar-refractivity contribution is -0.118. The van der Waals surface area contributed by atoms with Gasteiger partial charge in [0.2, 0.25) is 5.91 Å². The third-order valence-corrected chi connectivity index (χ3v) is 5.41. The second-order valence-electron chi connectivity index (χ2n) is 6.34. The van der Waals surface area contributed by atoms with Crippen LogP contribution >= 0.6 is 23.4 Å². The van der Waals surface area contributed by atoms with Gasteiger partial charge in [0, 0.05) is 15.5 Å². The van der Waals surface area contributed by atoms with Gasteiger partial charge in [-0.2, -0.15) is 5.10 Å². The van der Waals surface area contributed by atoms with Gasteiger partial charge in [-0.15, -0.1) is 11.8 Å². The van der Waals surface area contributed by atoms with Crippen LogP contribution in [0.2, 0.25) is 5.02 Å². The number of thioether (sulfide) groups is 1. The average Bonchev–Trinajstić information content (AvgIpc) is 2.74. The molecule has 29 heavy (non-hydrogen) atoms. The van der Waals surface area contributed by atoms with Gasteiger partial charge in [-0.3, -0.25) is 4.79 Å². The molecule has 1 amide bonds. The van der Waals surface area contributed by atoms with E-state index in [2.05, 4.69) is 10.5 Å². The Balaban J connectivity index is 1.42. The Hall–Kier alpha value is -2.76. The molecular weight excluding hydrogens is 404 g/mol. The number of hydrogen-bond donors (Lipinski definition) is 1. The summed E-state index contributed by atoms with van der Waals surface area (Å²) in [7, 11) is 0. The first kappa shape index (κ1) is 21.0. The van der Waals surface area contributed by atoms with E-state index in [-0.39, 0.29) is 5.91 Å². The Morgan fingerprint density at radius 2 is 1.79 bits per heavy atom. The smallest absolute Gasteiger partial charge is 0.250 e. The summed E-state index contributed by atoms with van der Waals surface area (Å²) >= 11 is 7.61. The summed E-state index contributed by atoms with van der Waals surface area (Å²) in [6.45, 7) is 2.44. The maximum Gasteiger partial charge on any atom is 0.250 e. The topological polar surface area (TPSA) is 50.7 Å². The van der Waals surface area contributed by atoms with Crippen LogP contribution in [-0.2, 0) is 11.4 Å². The van der Waals surface area contributed by atoms with Crippen molar-refractivity contribution in [3.05, 3.63) is 94.5 Å². The predicted molar refractivity (Wildman–Crippen MR) is 120 cm³/mol. The molecule has 3 rings (SSSR count). The van der Waals surface area contributed by atoms with E-state index in [9.17, 15) is 4.79 Å². The maximum atomic E-state index is 11.9. The van der Waals surface area contributed by atoms with E-state index in [1.807, 2.05) is 79.7 Å². The Morgan fingerprint density at radius 1 is 1.07 bits per heavy atom. The van der Waals surface area contributed by atoms with Crippen LogP contribution < -0.4 is 10.2 Å². The number of rotatable bonds is 8. The number of aryl methyl sites for hydroxylation is 1. The second kappa shape index (κ2) is 10.7. The lowest BCUT2D eigenvalue weighted by atomic mass is 10.2. The molecule has 0 spiro atoms. The fourth-order valence-electron chi connectivity index (χ4n) is 2.42. The van der Waals surface area contributed by atoms with Crippen molar-refractivity contribution in [2.24, 2.45) is 5.10 Å². The number of hydrazone groups is 1. The largest absolute Gasteiger partial charge is 0.489 e. The molecule has 0 heterocycles. The van der Waals surface area contributed by atoms with Crippen LogP contribution in [0.4, 0.5) is 0 Å². The van der Waals surface area contributed by atoms with Crippen molar-refractivity contribution < 1.29 is 9.53 Å². The fraction of sp³-hybridized carbons (Fsp3) is 0.130. The summed E-state index contributed by atoms with van der Waals surface area (Å²) in [5.41, 5.74) is 5.54. The first-order valence-electron chi connectivity index (χ1n) is 9.08. The standard InChI is InChI=1S/C23H21ClN2O2S/c1-17-6-12-21(13-7-17)29-16-23(27)26-25-14-18-8-10-20(11-9-18)28-15-19-4-2-3-5-22(19)24/h2-14H,15-16H2,1H3,(H,26,27)/b25-14+. The first-order valence-corrected chi connectivity index (χ1v) is 10.4. The number of benzene rings is 3. The van der Waals surface area contributed by atoms with Crippen LogP contribution in [0.25, 0.3) is 0 Å². The molecule has 148 valence electrons. The van der Waals surface area contributed by atoms with Crippen molar-refractivity contribution in [2.75, 3.05) is 5.75 Å². The molecule has 0 saturated carbocycles. The van der Waals surface area contributed by atoms with E-state index in [4.69, 9.17) is 16.3 Å². The summed E-state index contributed by atoms with van der Waals surface area (Å²) in [5.74, 6) is 0.905. The van der Waals surface area contributed by atoms with E-state index in [0.29, 0.717) is 17.4 Å². The molecule has 6 heteroatoms. The molecule has 0 saturated heterocycles. The van der Waals surface area contributed by atoms with Crippen molar-refractivity contribution in [2.45, 2.75) is 18.4 Å². The van der Waals surface area contributed by atoms with Crippen LogP contribution in [0.5, 0.6) is 5.75 Å². The maximum absolute atomic E-state index is 11.9. The van der Waals surface area contributed by atoms with Crippen LogP contribution in [0, 0.1) is 6.92 Å². The van der Waals surface area contributed by atoms with Gasteiger partial charge >= 0.3 is 0 Å². The molecule has 0 aromatic heterocycles. The Morgan fingerprint density at radius 3 is 2.52 bits per heavy atom. The van der Waals surface area contributed by atoms with E-state index < -0.39 is 0 Å². The van der Waals surface area contributed by atoms with Gasteiger partial charge in [-0.05, 0) is 55.0 Å². The lowest BCUT2D eigenvalue weighted by Gasteiger charge is -2.07. The molecule has 0 aliphatic carbocycles. The highest BCUT2D eigenvalue weighted by Crippen LogP contribution is 2.19. The summed E-state index contributed by atoms with van der Waals surface area (Å²) in [4.78, 5) is 13.0. The molecule has 0 atom stereocenters. The fourth-order valence-corrected chi connectivity index (χ4v) is 3.30. The zero-order valence-corrected chi connectivity index (χ0v) is 17.5. The summed E-state index contributed by atoms with van der Waals surface area (Å²) < 4.78 is 5.75. The SMILES string of the molecule is Cc1ccc(SCC(=O)N/N=C/c2ccc(OCc3ccccc3Cl)cc2)cc1. The van der Waals surface area contributed by atoms with Crippen molar-refractivity contribution in [3.8, 4) is 5.75 Å². The summed E-state index contributed by atoms with van der Waals surface area (Å²) in [6.07, 6.45) is 1.60. The number of halogens is 1. The highest BCUT2D eigenvalue weighted by Gasteiger charge is 2.02. The molecule has 4 nitrogen and oxygen atoms in total. The number of nitrogens with zero attached hydrogens (tertiary/aromatic N) is 1. The zero-order chi connectivity index (χ0) is 20.5. The molecule has 0 fully saturated rings. The average molecular weight is 425 g/mol. The van der Waals surface area contributed by atoms with Crippen molar-refractivity contribution in [1.82, 2.24) is 5.43 Å². The van der Waals surface area contributed by atoms with E-state index in [0.717, 1.165) is 21.8 Å². The minimum absolute atomic E-state index is 0.147. The molecular formula is C23H21ClN2O2S. The van der Waals surface area contributed by atoms with Gasteiger partial charge in [0.15, 0.2) is 0 Å². The van der Waals surface area contributed by atoms with Gasteiger partial charge < -0.3 is 4.74 Å². The van der Waals surface area contributed by atoms with Gasteiger partial charge in [0.05, 0.1) is 12.0 Å². The number of carbonyl (C=O) groups is 1. The highest BCUT2D eigenvalue weighted by molar-refractivity contribution is 8.00. The van der Waals surface area contributed by atoms with E-state index in [1.165, 1.54) is 17.3 Å². The molecule has 0 radical (unpaired) electrons. The molecule has 3 aromatic rings. The van der Waals surface area contributed by atoms with Crippen molar-refractivity contribution >= 4 is 35.5 Å². The van der Waals surface area contributed by atoms with Crippen LogP contribution in [0.15, 0.2) is 82.8 Å². The Bertz CT molecular complexity index is 973. The lowest BCUT2D eigenvalue weighted by Crippen LogP contribution is -2.19. The predicted octanol–water partition coefficient (Wildman–Crippen LogP) is 5.47. The first-order chi connectivity index (χ1) is 14.1. The monoisotopic (exact) mass is 424 g/mol. The van der Waals surface area contributed by atoms with Crippen LogP contribution in [-0.4, -0.2) is 17.9 Å². The van der Waals surface area contributed by atoms with Crippen molar-refractivity contribution in [3.63, 3.8) is 0 Å². The number of carbonyl (C=O) groups excluding carboxylic acids is 1. The Labute approximate surface area is 179 Å². The minimum atomic E-state index is -0.147. The number of nitrogens with one attached hydrogen (secondary N) is 1. The molecule has 3 aromatic carbocycles. The van der Waals surface area contributed by atoms with Crippen LogP contribution in [0.3, 0.4) is 0 Å². The summed E-state index contributed by atoms with van der Waals surface area (Å²) in [6, 6.07) is 23.1. The summed E-state index contributed by atoms with van der Waals surface area (Å²) in [5, 5.41) is 4.69. The minimum Gasteiger partial charge on any atom is -0.489 e. The molecule has 0 aliphatic heterocycles. The number of amides is 1. The Kier molecular flexibility index (Phi) is 7.73.